The molecule has 1 aliphatic rings. The van der Waals surface area contributed by atoms with Crippen molar-refractivity contribution in [3.8, 4) is 11.5 Å². The molecule has 1 N–H and O–H groups in total. The monoisotopic (exact) mass is 284 g/mol. The van der Waals surface area contributed by atoms with Crippen LogP contribution in [0.5, 0.6) is 0 Å². The van der Waals surface area contributed by atoms with E-state index >= 15 is 0 Å². The third kappa shape index (κ3) is 1.91. The van der Waals surface area contributed by atoms with Gasteiger partial charge >= 0.3 is 0 Å². The topological polar surface area (TPSA) is 64.5 Å². The van der Waals surface area contributed by atoms with Crippen LogP contribution in [0.1, 0.15) is 24.6 Å². The average molecular weight is 284 g/mol. The number of furan rings is 1. The Kier molecular flexibility index (Phi) is 2.71. The Bertz CT molecular complexity index is 839. The van der Waals surface area contributed by atoms with Crippen LogP contribution in [-0.4, -0.2) is 20.7 Å². The summed E-state index contributed by atoms with van der Waals surface area (Å²) in [5.74, 6) is 0.665. The molecule has 0 amide bonds. The van der Waals surface area contributed by atoms with E-state index in [4.69, 9.17) is 4.42 Å². The predicted molar refractivity (Wildman–Crippen MR) is 78.1 cm³/mol. The molecule has 0 saturated carbocycles. The minimum atomic E-state index is -0.107. The van der Waals surface area contributed by atoms with Gasteiger partial charge in [0.1, 0.15) is 11.3 Å². The molecular weight excluding hydrogens is 268 g/mol. The highest BCUT2D eigenvalue weighted by molar-refractivity contribution is 5.59. The molecule has 0 radical (unpaired) electrons. The van der Waals surface area contributed by atoms with Gasteiger partial charge in [0, 0.05) is 30.9 Å². The number of hydrogen-bond donors (Lipinski definition) is 1. The minimum Gasteiger partial charge on any atom is -0.463 e. The van der Waals surface area contributed by atoms with Crippen LogP contribution in [0.25, 0.3) is 17.1 Å². The van der Waals surface area contributed by atoms with Gasteiger partial charge in [-0.2, -0.15) is 9.61 Å². The second-order valence-corrected chi connectivity index (χ2v) is 5.39. The maximum atomic E-state index is 12.3. The van der Waals surface area contributed by atoms with Crippen molar-refractivity contribution in [2.75, 3.05) is 6.54 Å². The van der Waals surface area contributed by atoms with E-state index in [1.54, 1.807) is 12.3 Å². The lowest BCUT2D eigenvalue weighted by atomic mass is 10.1. The second kappa shape index (κ2) is 4.60. The molecule has 0 spiro atoms. The van der Waals surface area contributed by atoms with Gasteiger partial charge in [0.05, 0.1) is 6.26 Å². The molecule has 21 heavy (non-hydrogen) atoms. The number of aromatic nitrogens is 3. The fourth-order valence-electron chi connectivity index (χ4n) is 3.01. The lowest BCUT2D eigenvalue weighted by Gasteiger charge is -2.16. The number of hydrogen-bond acceptors (Lipinski definition) is 4. The van der Waals surface area contributed by atoms with E-state index in [9.17, 15) is 4.79 Å². The van der Waals surface area contributed by atoms with E-state index in [-0.39, 0.29) is 11.6 Å². The first-order valence-electron chi connectivity index (χ1n) is 7.11. The van der Waals surface area contributed by atoms with Crippen molar-refractivity contribution < 1.29 is 4.42 Å². The summed E-state index contributed by atoms with van der Waals surface area (Å²) in [6.07, 6.45) is 3.80. The van der Waals surface area contributed by atoms with Crippen LogP contribution in [0, 0.1) is 0 Å². The first-order chi connectivity index (χ1) is 10.2. The highest BCUT2D eigenvalue weighted by atomic mass is 16.3. The molecular formula is C15H16N4O2. The van der Waals surface area contributed by atoms with Gasteiger partial charge < -0.3 is 14.3 Å². The van der Waals surface area contributed by atoms with Crippen LogP contribution in [0.4, 0.5) is 0 Å². The lowest BCUT2D eigenvalue weighted by molar-refractivity contribution is 0.578. The zero-order valence-electron chi connectivity index (χ0n) is 11.7. The molecule has 0 aliphatic carbocycles. The van der Waals surface area contributed by atoms with Gasteiger partial charge in [-0.25, -0.2) is 0 Å². The Hall–Kier alpha value is -2.34. The molecule has 4 heterocycles. The average Bonchev–Trinajstić information content (AvgIpc) is 3.23. The van der Waals surface area contributed by atoms with Gasteiger partial charge in [-0.05, 0) is 31.5 Å². The first-order valence-corrected chi connectivity index (χ1v) is 7.11. The quantitative estimate of drug-likeness (QED) is 0.778. The normalized spacial score (nSPS) is 18.6. The van der Waals surface area contributed by atoms with Gasteiger partial charge in [-0.3, -0.25) is 4.79 Å². The Balaban J connectivity index is 1.92. The standard InChI is InChI=1S/C15H16N4O2/c1-18-12(10-4-2-6-16-10)9-15(20)19-14(18)8-11(17-19)13-5-3-7-21-13/h3,5,7-10,16H,2,4,6H2,1H3. The Morgan fingerprint density at radius 1 is 1.43 bits per heavy atom. The fourth-order valence-corrected chi connectivity index (χ4v) is 3.01. The molecule has 4 rings (SSSR count). The van der Waals surface area contributed by atoms with E-state index in [1.807, 2.05) is 29.8 Å². The summed E-state index contributed by atoms with van der Waals surface area (Å²) in [5.41, 5.74) is 2.35. The smallest absolute Gasteiger partial charge is 0.274 e. The van der Waals surface area contributed by atoms with Gasteiger partial charge in [0.2, 0.25) is 0 Å². The van der Waals surface area contributed by atoms with Crippen molar-refractivity contribution in [3.63, 3.8) is 0 Å². The third-order valence-electron chi connectivity index (χ3n) is 4.09. The Labute approximate surface area is 121 Å². The maximum absolute atomic E-state index is 12.3. The Morgan fingerprint density at radius 3 is 3.05 bits per heavy atom. The van der Waals surface area contributed by atoms with E-state index in [2.05, 4.69) is 10.4 Å². The molecule has 1 saturated heterocycles. The zero-order valence-corrected chi connectivity index (χ0v) is 11.7. The molecule has 6 heteroatoms. The van der Waals surface area contributed by atoms with Crippen LogP contribution in [0.15, 0.2) is 39.7 Å². The number of nitrogens with one attached hydrogen (secondary N) is 1. The van der Waals surface area contributed by atoms with Gasteiger partial charge in [0.25, 0.3) is 5.56 Å². The second-order valence-electron chi connectivity index (χ2n) is 5.39. The van der Waals surface area contributed by atoms with Gasteiger partial charge in [-0.1, -0.05) is 0 Å². The van der Waals surface area contributed by atoms with Crippen molar-refractivity contribution in [3.05, 3.63) is 46.6 Å². The summed E-state index contributed by atoms with van der Waals surface area (Å²) in [4.78, 5) is 12.3. The van der Waals surface area contributed by atoms with Crippen molar-refractivity contribution >= 4 is 5.65 Å². The SMILES string of the molecule is Cn1c(C2CCCN2)cc(=O)n2nc(-c3ccco3)cc12. The highest BCUT2D eigenvalue weighted by Crippen LogP contribution is 2.24. The molecule has 0 aromatic carbocycles. The largest absolute Gasteiger partial charge is 0.463 e. The summed E-state index contributed by atoms with van der Waals surface area (Å²) < 4.78 is 8.82. The van der Waals surface area contributed by atoms with E-state index in [0.29, 0.717) is 11.5 Å². The van der Waals surface area contributed by atoms with E-state index in [0.717, 1.165) is 30.7 Å². The summed E-state index contributed by atoms with van der Waals surface area (Å²) in [6.45, 7) is 1.00. The predicted octanol–water partition coefficient (Wildman–Crippen LogP) is 1.72. The highest BCUT2D eigenvalue weighted by Gasteiger charge is 2.21. The molecule has 1 aliphatic heterocycles. The fraction of sp³-hybridized carbons (Fsp3) is 0.333. The third-order valence-corrected chi connectivity index (χ3v) is 4.09. The molecule has 1 atom stereocenters. The summed E-state index contributed by atoms with van der Waals surface area (Å²) in [5, 5.41) is 7.78. The summed E-state index contributed by atoms with van der Waals surface area (Å²) in [6, 6.07) is 7.46. The number of rotatable bonds is 2. The van der Waals surface area contributed by atoms with Crippen LogP contribution < -0.4 is 10.9 Å². The number of nitrogens with zero attached hydrogens (tertiary/aromatic N) is 3. The molecule has 3 aromatic heterocycles. The van der Waals surface area contributed by atoms with Crippen molar-refractivity contribution in [2.24, 2.45) is 7.05 Å². The van der Waals surface area contributed by atoms with Crippen molar-refractivity contribution in [1.82, 2.24) is 19.5 Å². The van der Waals surface area contributed by atoms with E-state index < -0.39 is 0 Å². The van der Waals surface area contributed by atoms with Crippen LogP contribution in [-0.2, 0) is 7.05 Å². The first kappa shape index (κ1) is 12.4. The lowest BCUT2D eigenvalue weighted by Crippen LogP contribution is -2.24. The van der Waals surface area contributed by atoms with Crippen LogP contribution in [0.2, 0.25) is 0 Å². The molecule has 1 fully saturated rings. The number of aryl methyl sites for hydroxylation is 1. The Morgan fingerprint density at radius 2 is 2.33 bits per heavy atom. The zero-order chi connectivity index (χ0) is 14.4. The van der Waals surface area contributed by atoms with Crippen molar-refractivity contribution in [1.29, 1.82) is 0 Å². The maximum Gasteiger partial charge on any atom is 0.274 e. The molecule has 1 unspecified atom stereocenters. The molecule has 3 aromatic rings. The molecule has 108 valence electrons. The van der Waals surface area contributed by atoms with Crippen LogP contribution >= 0.6 is 0 Å². The summed E-state index contributed by atoms with van der Waals surface area (Å²) in [7, 11) is 1.97. The molecule has 0 bridgehead atoms. The minimum absolute atomic E-state index is 0.107. The van der Waals surface area contributed by atoms with Gasteiger partial charge in [-0.15, -0.1) is 0 Å². The summed E-state index contributed by atoms with van der Waals surface area (Å²) >= 11 is 0. The van der Waals surface area contributed by atoms with E-state index in [1.165, 1.54) is 4.52 Å². The number of fused-ring (bicyclic) bond motifs is 1. The van der Waals surface area contributed by atoms with Gasteiger partial charge in [0.15, 0.2) is 5.76 Å². The van der Waals surface area contributed by atoms with Crippen molar-refractivity contribution in [2.45, 2.75) is 18.9 Å². The molecule has 6 nitrogen and oxygen atoms in total. The van der Waals surface area contributed by atoms with Crippen LogP contribution in [0.3, 0.4) is 0 Å².